The van der Waals surface area contributed by atoms with E-state index in [0.717, 1.165) is 18.4 Å². The van der Waals surface area contributed by atoms with Gasteiger partial charge in [0.25, 0.3) is 0 Å². The quantitative estimate of drug-likeness (QED) is 0.377. The number of carbonyl (C=O) groups excluding carboxylic acids is 2. The van der Waals surface area contributed by atoms with Crippen molar-refractivity contribution in [3.63, 3.8) is 0 Å². The Hall–Kier alpha value is -2.56. The van der Waals surface area contributed by atoms with Gasteiger partial charge in [0.15, 0.2) is 11.5 Å². The maximum atomic E-state index is 12.0. The minimum Gasteiger partial charge on any atom is -0.490 e. The van der Waals surface area contributed by atoms with Crippen molar-refractivity contribution in [2.24, 2.45) is 0 Å². The predicted molar refractivity (Wildman–Crippen MR) is 97.1 cm³/mol. The summed E-state index contributed by atoms with van der Waals surface area (Å²) >= 11 is 0. The summed E-state index contributed by atoms with van der Waals surface area (Å²) in [7, 11) is 0. The number of ether oxygens (including phenoxy) is 3. The van der Waals surface area contributed by atoms with E-state index in [1.54, 1.807) is 32.1 Å². The Morgan fingerprint density at radius 2 is 1.52 bits per heavy atom. The highest BCUT2D eigenvalue weighted by Gasteiger charge is 2.21. The summed E-state index contributed by atoms with van der Waals surface area (Å²) in [5, 5.41) is 0. The van der Waals surface area contributed by atoms with E-state index >= 15 is 0 Å². The average molecular weight is 346 g/mol. The number of esters is 2. The average Bonchev–Trinajstić information content (AvgIpc) is 2.57. The zero-order valence-corrected chi connectivity index (χ0v) is 15.3. The van der Waals surface area contributed by atoms with E-state index < -0.39 is 11.9 Å². The zero-order valence-electron chi connectivity index (χ0n) is 15.3. The molecule has 25 heavy (non-hydrogen) atoms. The Kier molecular flexibility index (Phi) is 9.07. The van der Waals surface area contributed by atoms with Crippen LogP contribution in [0.25, 0.3) is 0 Å². The lowest BCUT2D eigenvalue weighted by molar-refractivity contribution is -0.131. The molecule has 0 aliphatic heterocycles. The largest absolute Gasteiger partial charge is 0.490 e. The summed E-state index contributed by atoms with van der Waals surface area (Å²) in [4.78, 5) is 23.9. The standard InChI is InChI=1S/C20H26O5/c1-5-9-15-12-13-16(23-14-8-4)20(25-18(22)11-7-3)19(15)24-17(21)10-6-2/h6-7,10-13H,5,8-9,14H2,1-4H3/b10-6+,11-7+. The Balaban J connectivity index is 3.39. The van der Waals surface area contributed by atoms with Gasteiger partial charge in [-0.1, -0.05) is 38.5 Å². The molecule has 0 saturated heterocycles. The number of hydrogen-bond acceptors (Lipinski definition) is 5. The molecule has 1 aromatic carbocycles. The SMILES string of the molecule is C/C=C/C(=O)Oc1c(CCC)ccc(OCCC)c1OC(=O)/C=C/C. The van der Waals surface area contributed by atoms with Crippen LogP contribution in [0, 0.1) is 0 Å². The third-order valence-electron chi connectivity index (χ3n) is 3.15. The van der Waals surface area contributed by atoms with Crippen molar-refractivity contribution in [1.29, 1.82) is 0 Å². The van der Waals surface area contributed by atoms with Crippen LogP contribution in [0.5, 0.6) is 17.2 Å². The second-order valence-electron chi connectivity index (χ2n) is 5.32. The molecule has 0 saturated carbocycles. The van der Waals surface area contributed by atoms with Gasteiger partial charge in [-0.3, -0.25) is 0 Å². The van der Waals surface area contributed by atoms with Gasteiger partial charge in [-0.15, -0.1) is 0 Å². The summed E-state index contributed by atoms with van der Waals surface area (Å²) in [6.45, 7) is 7.90. The first-order valence-electron chi connectivity index (χ1n) is 8.54. The summed E-state index contributed by atoms with van der Waals surface area (Å²) < 4.78 is 16.6. The van der Waals surface area contributed by atoms with E-state index in [4.69, 9.17) is 14.2 Å². The minimum absolute atomic E-state index is 0.139. The molecule has 0 radical (unpaired) electrons. The molecule has 0 heterocycles. The molecule has 1 aromatic rings. The fraction of sp³-hybridized carbons (Fsp3) is 0.400. The van der Waals surface area contributed by atoms with Gasteiger partial charge < -0.3 is 14.2 Å². The number of benzene rings is 1. The molecule has 0 amide bonds. The fourth-order valence-corrected chi connectivity index (χ4v) is 2.13. The van der Waals surface area contributed by atoms with Crippen LogP contribution in [0.3, 0.4) is 0 Å². The van der Waals surface area contributed by atoms with E-state index in [0.29, 0.717) is 18.8 Å². The smallest absolute Gasteiger partial charge is 0.336 e. The molecule has 0 bridgehead atoms. The third kappa shape index (κ3) is 6.45. The van der Waals surface area contributed by atoms with Crippen LogP contribution in [0.4, 0.5) is 0 Å². The highest BCUT2D eigenvalue weighted by molar-refractivity contribution is 5.87. The number of allylic oxidation sites excluding steroid dienone is 2. The molecule has 5 nitrogen and oxygen atoms in total. The second kappa shape index (κ2) is 11.1. The van der Waals surface area contributed by atoms with E-state index in [2.05, 4.69) is 0 Å². The monoisotopic (exact) mass is 346 g/mol. The normalized spacial score (nSPS) is 11.0. The zero-order chi connectivity index (χ0) is 18.7. The van der Waals surface area contributed by atoms with E-state index in [-0.39, 0.29) is 11.5 Å². The number of rotatable bonds is 9. The molecule has 0 aromatic heterocycles. The Morgan fingerprint density at radius 1 is 0.920 bits per heavy atom. The number of carbonyl (C=O) groups is 2. The van der Waals surface area contributed by atoms with Crippen molar-refractivity contribution in [3.8, 4) is 17.2 Å². The molecule has 1 rings (SSSR count). The maximum Gasteiger partial charge on any atom is 0.336 e. The topological polar surface area (TPSA) is 61.8 Å². The van der Waals surface area contributed by atoms with Crippen LogP contribution >= 0.6 is 0 Å². The molecule has 0 atom stereocenters. The molecule has 5 heteroatoms. The summed E-state index contributed by atoms with van der Waals surface area (Å²) in [5.74, 6) is -0.337. The molecule has 136 valence electrons. The van der Waals surface area contributed by atoms with Crippen molar-refractivity contribution >= 4 is 11.9 Å². The van der Waals surface area contributed by atoms with Gasteiger partial charge >= 0.3 is 11.9 Å². The molecule has 0 spiro atoms. The minimum atomic E-state index is -0.555. The molecule has 0 aliphatic carbocycles. The van der Waals surface area contributed by atoms with Crippen LogP contribution in [-0.4, -0.2) is 18.5 Å². The van der Waals surface area contributed by atoms with Crippen molar-refractivity contribution in [2.45, 2.75) is 47.0 Å². The molecule has 0 N–H and O–H groups in total. The molecular weight excluding hydrogens is 320 g/mol. The van der Waals surface area contributed by atoms with Gasteiger partial charge in [0.1, 0.15) is 0 Å². The summed E-state index contributed by atoms with van der Waals surface area (Å²) in [6.07, 6.45) is 8.11. The summed E-state index contributed by atoms with van der Waals surface area (Å²) in [6, 6.07) is 3.58. The van der Waals surface area contributed by atoms with E-state index in [9.17, 15) is 9.59 Å². The first kappa shape index (κ1) is 20.5. The van der Waals surface area contributed by atoms with Crippen LogP contribution in [0.2, 0.25) is 0 Å². The number of aryl methyl sites for hydroxylation is 1. The van der Waals surface area contributed by atoms with Gasteiger partial charge in [0, 0.05) is 12.2 Å². The highest BCUT2D eigenvalue weighted by Crippen LogP contribution is 2.41. The second-order valence-corrected chi connectivity index (χ2v) is 5.32. The maximum absolute atomic E-state index is 12.0. The Morgan fingerprint density at radius 3 is 2.04 bits per heavy atom. The van der Waals surface area contributed by atoms with Gasteiger partial charge in [-0.25, -0.2) is 9.59 Å². The third-order valence-corrected chi connectivity index (χ3v) is 3.15. The Bertz CT molecular complexity index is 644. The number of hydrogen-bond donors (Lipinski definition) is 0. The fourth-order valence-electron chi connectivity index (χ4n) is 2.13. The molecule has 0 fully saturated rings. The molecule has 0 aliphatic rings. The van der Waals surface area contributed by atoms with E-state index in [1.165, 1.54) is 12.2 Å². The first-order valence-corrected chi connectivity index (χ1v) is 8.54. The van der Waals surface area contributed by atoms with Crippen LogP contribution in [0.1, 0.15) is 46.1 Å². The van der Waals surface area contributed by atoms with Crippen molar-refractivity contribution in [3.05, 3.63) is 42.0 Å². The lowest BCUT2D eigenvalue weighted by Crippen LogP contribution is -2.12. The highest BCUT2D eigenvalue weighted by atomic mass is 16.6. The molecular formula is C20H26O5. The van der Waals surface area contributed by atoms with Gasteiger partial charge in [-0.2, -0.15) is 0 Å². The van der Waals surface area contributed by atoms with Gasteiger partial charge in [-0.05, 0) is 38.3 Å². The lowest BCUT2D eigenvalue weighted by Gasteiger charge is -2.17. The van der Waals surface area contributed by atoms with Crippen LogP contribution < -0.4 is 14.2 Å². The summed E-state index contributed by atoms with van der Waals surface area (Å²) in [5.41, 5.74) is 0.785. The van der Waals surface area contributed by atoms with E-state index in [1.807, 2.05) is 19.9 Å². The van der Waals surface area contributed by atoms with Crippen molar-refractivity contribution < 1.29 is 23.8 Å². The Labute approximate surface area is 149 Å². The van der Waals surface area contributed by atoms with Crippen molar-refractivity contribution in [1.82, 2.24) is 0 Å². The molecule has 0 unspecified atom stereocenters. The van der Waals surface area contributed by atoms with Crippen LogP contribution in [0.15, 0.2) is 36.4 Å². The van der Waals surface area contributed by atoms with Gasteiger partial charge in [0.05, 0.1) is 6.61 Å². The lowest BCUT2D eigenvalue weighted by atomic mass is 10.1. The van der Waals surface area contributed by atoms with Gasteiger partial charge in [0.2, 0.25) is 5.75 Å². The first-order chi connectivity index (χ1) is 12.1. The van der Waals surface area contributed by atoms with Crippen molar-refractivity contribution in [2.75, 3.05) is 6.61 Å². The van der Waals surface area contributed by atoms with Crippen LogP contribution in [-0.2, 0) is 16.0 Å². The predicted octanol–water partition coefficient (Wildman–Crippen LogP) is 4.39.